The number of rotatable bonds is 1. The first-order valence-corrected chi connectivity index (χ1v) is 10.7. The second-order valence-electron chi connectivity index (χ2n) is 7.63. The Morgan fingerprint density at radius 2 is 1.82 bits per heavy atom. The molecule has 0 aliphatic carbocycles. The summed E-state index contributed by atoms with van der Waals surface area (Å²) in [7, 11) is 0. The summed E-state index contributed by atoms with van der Waals surface area (Å²) in [5.41, 5.74) is 6.56. The Morgan fingerprint density at radius 1 is 1.07 bits per heavy atom. The van der Waals surface area contributed by atoms with Gasteiger partial charge in [0.15, 0.2) is 0 Å². The number of fused-ring (bicyclic) bond motifs is 8. The number of nitrogens with zero attached hydrogens (tertiary/aromatic N) is 2. The largest absolute Gasteiger partial charge is 0.334 e. The normalized spacial score (nSPS) is 16.9. The Balaban J connectivity index is 1.92. The fourth-order valence-electron chi connectivity index (χ4n) is 4.59. The van der Waals surface area contributed by atoms with Crippen LogP contribution in [-0.2, 0) is 0 Å². The molecule has 0 fully saturated rings. The van der Waals surface area contributed by atoms with Gasteiger partial charge >= 0.3 is 0 Å². The van der Waals surface area contributed by atoms with Crippen molar-refractivity contribution in [2.24, 2.45) is 0 Å². The Hall–Kier alpha value is -1.75. The first-order chi connectivity index (χ1) is 13.3. The van der Waals surface area contributed by atoms with Crippen molar-refractivity contribution in [3.63, 3.8) is 0 Å². The first-order valence-electron chi connectivity index (χ1n) is 9.14. The second-order valence-corrected chi connectivity index (χ2v) is 9.28. The maximum absolute atomic E-state index is 13.5. The van der Waals surface area contributed by atoms with Gasteiger partial charge in [-0.3, -0.25) is 9.69 Å². The van der Waals surface area contributed by atoms with Crippen LogP contribution in [0.25, 0.3) is 11.1 Å². The van der Waals surface area contributed by atoms with Gasteiger partial charge in [-0.15, -0.1) is 0 Å². The lowest BCUT2D eigenvalue weighted by molar-refractivity contribution is 0.0993. The zero-order valence-corrected chi connectivity index (χ0v) is 18.7. The van der Waals surface area contributed by atoms with Crippen LogP contribution in [0, 0.1) is 6.92 Å². The van der Waals surface area contributed by atoms with Crippen LogP contribution < -0.4 is 4.90 Å². The van der Waals surface area contributed by atoms with Gasteiger partial charge in [-0.25, -0.2) is 0 Å². The van der Waals surface area contributed by atoms with Gasteiger partial charge in [-0.05, 0) is 77.7 Å². The molecule has 2 aliphatic heterocycles. The van der Waals surface area contributed by atoms with Crippen LogP contribution in [0.1, 0.15) is 53.1 Å². The maximum Gasteiger partial charge on any atom is 0.261 e. The number of anilines is 1. The third-order valence-corrected chi connectivity index (χ3v) is 6.82. The van der Waals surface area contributed by atoms with Crippen molar-refractivity contribution in [1.82, 2.24) is 4.57 Å². The van der Waals surface area contributed by atoms with E-state index in [2.05, 4.69) is 34.3 Å². The monoisotopic (exact) mass is 474 g/mol. The smallest absolute Gasteiger partial charge is 0.261 e. The van der Waals surface area contributed by atoms with Gasteiger partial charge in [-0.1, -0.05) is 35.3 Å². The number of carbonyl (C=O) groups is 1. The maximum atomic E-state index is 13.5. The Kier molecular flexibility index (Phi) is 4.00. The van der Waals surface area contributed by atoms with Crippen molar-refractivity contribution in [1.29, 1.82) is 0 Å². The van der Waals surface area contributed by atoms with Crippen molar-refractivity contribution < 1.29 is 4.79 Å². The quantitative estimate of drug-likeness (QED) is 0.366. The standard InChI is InChI=1S/C22H17BrCl2N2O/c1-10(2)26-17(23)9-15-21(26)20-13-6-5-12(24)8-14(13)18-16(25)7-4-11(3)19(18)27(20)22(15)28/h4-10,20H,1-3H3. The molecule has 1 aromatic heterocycles. The number of aromatic nitrogens is 1. The van der Waals surface area contributed by atoms with E-state index in [9.17, 15) is 4.79 Å². The molecule has 5 rings (SSSR count). The lowest BCUT2D eigenvalue weighted by Gasteiger charge is -2.37. The predicted molar refractivity (Wildman–Crippen MR) is 118 cm³/mol. The number of amides is 1. The molecule has 3 aromatic rings. The average molecular weight is 476 g/mol. The highest BCUT2D eigenvalue weighted by atomic mass is 79.9. The van der Waals surface area contributed by atoms with Gasteiger partial charge in [0.2, 0.25) is 0 Å². The molecule has 2 aromatic carbocycles. The Bertz CT molecular complexity index is 1180. The highest BCUT2D eigenvalue weighted by molar-refractivity contribution is 9.10. The van der Waals surface area contributed by atoms with Gasteiger partial charge in [0.25, 0.3) is 5.91 Å². The molecule has 3 nitrogen and oxygen atoms in total. The van der Waals surface area contributed by atoms with E-state index in [1.807, 2.05) is 48.2 Å². The molecule has 1 amide bonds. The van der Waals surface area contributed by atoms with Crippen molar-refractivity contribution in [3.05, 3.63) is 73.4 Å². The highest BCUT2D eigenvalue weighted by Crippen LogP contribution is 2.56. The van der Waals surface area contributed by atoms with Gasteiger partial charge < -0.3 is 4.57 Å². The zero-order chi connectivity index (χ0) is 19.9. The van der Waals surface area contributed by atoms with Crippen molar-refractivity contribution in [3.8, 4) is 11.1 Å². The second kappa shape index (κ2) is 6.12. The van der Waals surface area contributed by atoms with Crippen LogP contribution in [0.3, 0.4) is 0 Å². The van der Waals surface area contributed by atoms with E-state index < -0.39 is 0 Å². The molecule has 0 bridgehead atoms. The van der Waals surface area contributed by atoms with Gasteiger partial charge in [0, 0.05) is 16.6 Å². The van der Waals surface area contributed by atoms with Gasteiger partial charge in [0.05, 0.1) is 26.6 Å². The van der Waals surface area contributed by atoms with Gasteiger partial charge in [-0.2, -0.15) is 0 Å². The number of hydrogen-bond acceptors (Lipinski definition) is 1. The molecule has 1 atom stereocenters. The first kappa shape index (κ1) is 18.3. The van der Waals surface area contributed by atoms with Crippen molar-refractivity contribution in [2.45, 2.75) is 32.9 Å². The van der Waals surface area contributed by atoms with Crippen molar-refractivity contribution >= 4 is 50.7 Å². The van der Waals surface area contributed by atoms with Crippen LogP contribution >= 0.6 is 39.1 Å². The van der Waals surface area contributed by atoms with E-state index in [1.165, 1.54) is 0 Å². The molecule has 0 radical (unpaired) electrons. The summed E-state index contributed by atoms with van der Waals surface area (Å²) in [6.45, 7) is 6.27. The van der Waals surface area contributed by atoms with E-state index in [4.69, 9.17) is 23.2 Å². The molecular formula is C22H17BrCl2N2O. The Labute approximate surface area is 182 Å². The van der Waals surface area contributed by atoms with Crippen LogP contribution in [0.15, 0.2) is 41.0 Å². The van der Waals surface area contributed by atoms with E-state index in [-0.39, 0.29) is 18.0 Å². The predicted octanol–water partition coefficient (Wildman–Crippen LogP) is 7.18. The third-order valence-electron chi connectivity index (χ3n) is 5.66. The number of benzene rings is 2. The molecule has 1 unspecified atom stereocenters. The van der Waals surface area contributed by atoms with E-state index >= 15 is 0 Å². The van der Waals surface area contributed by atoms with Crippen LogP contribution in [-0.4, -0.2) is 10.5 Å². The van der Waals surface area contributed by atoms with Crippen LogP contribution in [0.5, 0.6) is 0 Å². The summed E-state index contributed by atoms with van der Waals surface area (Å²) < 4.78 is 3.12. The number of hydrogen-bond donors (Lipinski definition) is 0. The highest BCUT2D eigenvalue weighted by Gasteiger charge is 2.47. The summed E-state index contributed by atoms with van der Waals surface area (Å²) in [5, 5.41) is 1.28. The summed E-state index contributed by atoms with van der Waals surface area (Å²) >= 11 is 16.6. The summed E-state index contributed by atoms with van der Waals surface area (Å²) in [4.78, 5) is 15.5. The Morgan fingerprint density at radius 3 is 2.54 bits per heavy atom. The molecule has 0 N–H and O–H groups in total. The number of carbonyl (C=O) groups excluding carboxylic acids is 1. The molecule has 6 heteroatoms. The van der Waals surface area contributed by atoms with Gasteiger partial charge in [0.1, 0.15) is 6.04 Å². The lowest BCUT2D eigenvalue weighted by Crippen LogP contribution is -2.33. The molecule has 3 heterocycles. The lowest BCUT2D eigenvalue weighted by atomic mass is 9.86. The average Bonchev–Trinajstić information content (AvgIpc) is 3.11. The molecular weight excluding hydrogens is 459 g/mol. The summed E-state index contributed by atoms with van der Waals surface area (Å²) in [6.07, 6.45) is 0. The molecule has 0 spiro atoms. The third kappa shape index (κ3) is 2.25. The molecule has 0 saturated carbocycles. The number of aryl methyl sites for hydroxylation is 1. The topological polar surface area (TPSA) is 25.2 Å². The van der Waals surface area contributed by atoms with E-state index in [0.29, 0.717) is 10.0 Å². The molecule has 142 valence electrons. The summed E-state index contributed by atoms with van der Waals surface area (Å²) in [5.74, 6) is 0.00677. The summed E-state index contributed by atoms with van der Waals surface area (Å²) in [6, 6.07) is 11.7. The minimum absolute atomic E-state index is 0.00677. The minimum atomic E-state index is -0.201. The van der Waals surface area contributed by atoms with Crippen LogP contribution in [0.4, 0.5) is 5.69 Å². The van der Waals surface area contributed by atoms with Crippen LogP contribution in [0.2, 0.25) is 10.0 Å². The van der Waals surface area contributed by atoms with E-state index in [1.54, 1.807) is 0 Å². The SMILES string of the molecule is Cc1ccc(Cl)c2c1N1C(=O)c3cc(Br)n(C(C)C)c3C1c1ccc(Cl)cc1-2. The fraction of sp³-hybridized carbons (Fsp3) is 0.227. The molecule has 0 saturated heterocycles. The number of halogens is 3. The fourth-order valence-corrected chi connectivity index (χ4v) is 5.85. The zero-order valence-electron chi connectivity index (χ0n) is 15.6. The molecule has 2 aliphatic rings. The van der Waals surface area contributed by atoms with Crippen molar-refractivity contribution in [2.75, 3.05) is 4.90 Å². The molecule has 28 heavy (non-hydrogen) atoms. The minimum Gasteiger partial charge on any atom is -0.334 e. The van der Waals surface area contributed by atoms with E-state index in [0.717, 1.165) is 43.8 Å².